The van der Waals surface area contributed by atoms with Crippen LogP contribution in [0.2, 0.25) is 0 Å². The summed E-state index contributed by atoms with van der Waals surface area (Å²) in [6.45, 7) is 6.51. The zero-order valence-electron chi connectivity index (χ0n) is 12.1. The zero-order valence-corrected chi connectivity index (χ0v) is 12.1. The van der Waals surface area contributed by atoms with E-state index in [-0.39, 0.29) is 17.9 Å². The number of carbonyl (C=O) groups is 2. The van der Waals surface area contributed by atoms with Crippen LogP contribution in [-0.4, -0.2) is 80.0 Å². The second-order valence-corrected chi connectivity index (χ2v) is 5.70. The van der Waals surface area contributed by atoms with Crippen LogP contribution in [0, 0.1) is 11.8 Å². The summed E-state index contributed by atoms with van der Waals surface area (Å²) < 4.78 is 0. The van der Waals surface area contributed by atoms with Gasteiger partial charge in [-0.25, -0.2) is 4.79 Å². The normalized spacial score (nSPS) is 21.8. The van der Waals surface area contributed by atoms with Crippen molar-refractivity contribution in [3.8, 4) is 0 Å². The molecule has 6 nitrogen and oxygen atoms in total. The smallest absolute Gasteiger partial charge is 0.319 e. The van der Waals surface area contributed by atoms with Crippen LogP contribution in [0.25, 0.3) is 0 Å². The van der Waals surface area contributed by atoms with Crippen molar-refractivity contribution in [2.75, 3.05) is 53.4 Å². The predicted octanol–water partition coefficient (Wildman–Crippen LogP) is -0.332. The van der Waals surface area contributed by atoms with E-state index < -0.39 is 0 Å². The Morgan fingerprint density at radius 1 is 1.11 bits per heavy atom. The minimum atomic E-state index is 0.0309. The summed E-state index contributed by atoms with van der Waals surface area (Å²) in [5.74, 6) is 0.815. The second kappa shape index (κ2) is 5.77. The number of nitrogens with zero attached hydrogens (tertiary/aromatic N) is 3. The fourth-order valence-corrected chi connectivity index (χ4v) is 2.56. The number of rotatable bonds is 2. The average molecular weight is 268 g/mol. The highest BCUT2D eigenvalue weighted by atomic mass is 16.2. The van der Waals surface area contributed by atoms with E-state index >= 15 is 0 Å². The molecule has 0 aromatic rings. The fraction of sp³-hybridized carbons (Fsp3) is 0.846. The molecule has 2 aliphatic heterocycles. The van der Waals surface area contributed by atoms with E-state index in [1.54, 1.807) is 23.9 Å². The number of urea groups is 1. The van der Waals surface area contributed by atoms with Gasteiger partial charge in [0.1, 0.15) is 0 Å². The number of hydrogen-bond acceptors (Lipinski definition) is 3. The lowest BCUT2D eigenvalue weighted by atomic mass is 9.88. The van der Waals surface area contributed by atoms with E-state index in [1.165, 1.54) is 0 Å². The average Bonchev–Trinajstić information content (AvgIpc) is 2.35. The Morgan fingerprint density at radius 3 is 2.05 bits per heavy atom. The molecule has 0 aromatic carbocycles. The minimum Gasteiger partial charge on any atom is -0.339 e. The van der Waals surface area contributed by atoms with Crippen LogP contribution in [0.1, 0.15) is 6.92 Å². The molecule has 0 aromatic heterocycles. The van der Waals surface area contributed by atoms with E-state index in [9.17, 15) is 9.59 Å². The van der Waals surface area contributed by atoms with Gasteiger partial charge in [0.25, 0.3) is 0 Å². The molecule has 2 heterocycles. The zero-order chi connectivity index (χ0) is 14.0. The summed E-state index contributed by atoms with van der Waals surface area (Å²) in [5.41, 5.74) is 0. The molecule has 2 saturated heterocycles. The van der Waals surface area contributed by atoms with Crippen molar-refractivity contribution in [3.05, 3.63) is 0 Å². The molecule has 6 heteroatoms. The largest absolute Gasteiger partial charge is 0.339 e. The quantitative estimate of drug-likeness (QED) is 0.746. The van der Waals surface area contributed by atoms with E-state index in [2.05, 4.69) is 5.32 Å². The monoisotopic (exact) mass is 268 g/mol. The van der Waals surface area contributed by atoms with Crippen molar-refractivity contribution in [2.24, 2.45) is 11.8 Å². The molecule has 1 unspecified atom stereocenters. The number of hydrogen-bond donors (Lipinski definition) is 1. The van der Waals surface area contributed by atoms with Gasteiger partial charge in [0.05, 0.1) is 0 Å². The number of carbonyl (C=O) groups excluding carboxylic acids is 2. The Hall–Kier alpha value is -1.30. The van der Waals surface area contributed by atoms with Crippen molar-refractivity contribution in [2.45, 2.75) is 6.92 Å². The van der Waals surface area contributed by atoms with Crippen molar-refractivity contribution in [1.82, 2.24) is 20.0 Å². The Kier molecular flexibility index (Phi) is 4.29. The summed E-state index contributed by atoms with van der Waals surface area (Å²) in [7, 11) is 3.51. The van der Waals surface area contributed by atoms with Crippen molar-refractivity contribution >= 4 is 11.9 Å². The van der Waals surface area contributed by atoms with Crippen LogP contribution in [-0.2, 0) is 4.79 Å². The Morgan fingerprint density at radius 2 is 1.63 bits per heavy atom. The van der Waals surface area contributed by atoms with Gasteiger partial charge in [0.2, 0.25) is 5.91 Å². The van der Waals surface area contributed by atoms with Gasteiger partial charge in [-0.05, 0) is 19.0 Å². The molecule has 108 valence electrons. The van der Waals surface area contributed by atoms with Gasteiger partial charge in [-0.2, -0.15) is 0 Å². The fourth-order valence-electron chi connectivity index (χ4n) is 2.56. The maximum atomic E-state index is 12.3. The highest BCUT2D eigenvalue weighted by molar-refractivity contribution is 5.79. The van der Waals surface area contributed by atoms with E-state index in [1.807, 2.05) is 11.8 Å². The predicted molar refractivity (Wildman–Crippen MR) is 72.8 cm³/mol. The Bertz CT molecular complexity index is 347. The van der Waals surface area contributed by atoms with Crippen molar-refractivity contribution in [3.63, 3.8) is 0 Å². The van der Waals surface area contributed by atoms with Gasteiger partial charge in [0, 0.05) is 46.2 Å². The molecule has 0 spiro atoms. The number of nitrogens with one attached hydrogen (secondary N) is 1. The van der Waals surface area contributed by atoms with Crippen LogP contribution < -0.4 is 5.32 Å². The SMILES string of the molecule is CC(C(=O)N1CCN(C(=O)N(C)C)CC1)C1CNC1. The van der Waals surface area contributed by atoms with Crippen LogP contribution in [0.5, 0.6) is 0 Å². The summed E-state index contributed by atoms with van der Waals surface area (Å²) in [4.78, 5) is 29.4. The Labute approximate surface area is 114 Å². The highest BCUT2D eigenvalue weighted by Crippen LogP contribution is 2.19. The molecule has 0 aliphatic carbocycles. The van der Waals surface area contributed by atoms with Crippen LogP contribution >= 0.6 is 0 Å². The molecule has 19 heavy (non-hydrogen) atoms. The lowest BCUT2D eigenvalue weighted by Gasteiger charge is -2.39. The number of piperazine rings is 1. The van der Waals surface area contributed by atoms with Crippen LogP contribution in [0.3, 0.4) is 0 Å². The minimum absolute atomic E-state index is 0.0309. The first-order valence-corrected chi connectivity index (χ1v) is 6.96. The van der Waals surface area contributed by atoms with E-state index in [0.717, 1.165) is 13.1 Å². The molecule has 0 saturated carbocycles. The first-order valence-electron chi connectivity index (χ1n) is 6.96. The molecule has 1 atom stereocenters. The van der Waals surface area contributed by atoms with Gasteiger partial charge < -0.3 is 20.0 Å². The third-order valence-electron chi connectivity index (χ3n) is 4.15. The highest BCUT2D eigenvalue weighted by Gasteiger charge is 2.33. The lowest BCUT2D eigenvalue weighted by molar-refractivity contribution is -0.138. The molecule has 0 bridgehead atoms. The van der Waals surface area contributed by atoms with Crippen LogP contribution in [0.4, 0.5) is 4.79 Å². The third-order valence-corrected chi connectivity index (χ3v) is 4.15. The lowest BCUT2D eigenvalue weighted by Crippen LogP contribution is -2.56. The molecule has 2 aliphatic rings. The molecule has 2 fully saturated rings. The topological polar surface area (TPSA) is 55.9 Å². The first-order chi connectivity index (χ1) is 9.00. The van der Waals surface area contributed by atoms with E-state index in [4.69, 9.17) is 0 Å². The maximum absolute atomic E-state index is 12.3. The second-order valence-electron chi connectivity index (χ2n) is 5.70. The summed E-state index contributed by atoms with van der Waals surface area (Å²) >= 11 is 0. The van der Waals surface area contributed by atoms with Crippen LogP contribution in [0.15, 0.2) is 0 Å². The summed E-state index contributed by atoms with van der Waals surface area (Å²) in [6.07, 6.45) is 0. The maximum Gasteiger partial charge on any atom is 0.319 e. The Balaban J connectivity index is 1.82. The molecule has 2 rings (SSSR count). The van der Waals surface area contributed by atoms with Crippen molar-refractivity contribution in [1.29, 1.82) is 0 Å². The van der Waals surface area contributed by atoms with Gasteiger partial charge in [-0.3, -0.25) is 4.79 Å². The van der Waals surface area contributed by atoms with Gasteiger partial charge in [0.15, 0.2) is 0 Å². The molecular weight excluding hydrogens is 244 g/mol. The number of amides is 3. The molecular formula is C13H24N4O2. The van der Waals surface area contributed by atoms with Crippen molar-refractivity contribution < 1.29 is 9.59 Å². The first kappa shape index (κ1) is 14.1. The summed E-state index contributed by atoms with van der Waals surface area (Å²) in [5, 5.41) is 3.21. The van der Waals surface area contributed by atoms with E-state index in [0.29, 0.717) is 32.1 Å². The standard InChI is InChI=1S/C13H24N4O2/c1-10(11-8-14-9-11)12(18)16-4-6-17(7-5-16)13(19)15(2)3/h10-11,14H,4-9H2,1-3H3. The molecule has 1 N–H and O–H groups in total. The summed E-state index contributed by atoms with van der Waals surface area (Å²) in [6, 6.07) is 0.0309. The van der Waals surface area contributed by atoms with Gasteiger partial charge >= 0.3 is 6.03 Å². The van der Waals surface area contributed by atoms with Gasteiger partial charge in [-0.15, -0.1) is 0 Å². The molecule has 0 radical (unpaired) electrons. The van der Waals surface area contributed by atoms with Gasteiger partial charge in [-0.1, -0.05) is 6.92 Å². The molecule has 3 amide bonds. The third kappa shape index (κ3) is 3.00.